The number of methoxy groups -OCH3 is 1. The minimum atomic E-state index is -2.14. The van der Waals surface area contributed by atoms with Gasteiger partial charge in [-0.1, -0.05) is 26.3 Å². The first kappa shape index (κ1) is 21.7. The average molecular weight is 409 g/mol. The lowest BCUT2D eigenvalue weighted by Crippen LogP contribution is -2.45. The summed E-state index contributed by atoms with van der Waals surface area (Å²) in [5, 5.41) is 22.9. The summed E-state index contributed by atoms with van der Waals surface area (Å²) in [6.45, 7) is 7.54. The van der Waals surface area contributed by atoms with Crippen LogP contribution < -0.4 is 0 Å². The summed E-state index contributed by atoms with van der Waals surface area (Å²) in [6.07, 6.45) is 5.77. The quantitative estimate of drug-likeness (QED) is 0.739. The van der Waals surface area contributed by atoms with Crippen LogP contribution in [0.15, 0.2) is 30.2 Å². The van der Waals surface area contributed by atoms with Crippen LogP contribution in [0.1, 0.15) is 62.2 Å². The number of pyridine rings is 1. The van der Waals surface area contributed by atoms with Gasteiger partial charge in [-0.05, 0) is 54.5 Å². The lowest BCUT2D eigenvalue weighted by atomic mass is 9.79. The van der Waals surface area contributed by atoms with Crippen molar-refractivity contribution in [2.24, 2.45) is 5.92 Å². The van der Waals surface area contributed by atoms with Crippen LogP contribution in [0.2, 0.25) is 0 Å². The van der Waals surface area contributed by atoms with E-state index in [4.69, 9.17) is 4.74 Å². The summed E-state index contributed by atoms with van der Waals surface area (Å²) >= 11 is 0. The Bertz CT molecular complexity index is 1100. The molecule has 6 nitrogen and oxygen atoms in total. The Morgan fingerprint density at radius 3 is 2.63 bits per heavy atom. The molecule has 6 heteroatoms. The fraction of sp³-hybridized carbons (Fsp3) is 0.375. The SMILES string of the molecule is CCC(C)C=C(C)c1cc2cc3c(c(O)c2cn1)C(=O)C(O)(CC(C)=O)C(OC)=C3. The second-order valence-electron chi connectivity index (χ2n) is 8.00. The molecule has 2 atom stereocenters. The van der Waals surface area contributed by atoms with Gasteiger partial charge in [0, 0.05) is 18.0 Å². The normalized spacial score (nSPS) is 20.0. The molecule has 1 aromatic carbocycles. The summed E-state index contributed by atoms with van der Waals surface area (Å²) in [6, 6.07) is 3.63. The Kier molecular flexibility index (Phi) is 5.81. The van der Waals surface area contributed by atoms with Gasteiger partial charge >= 0.3 is 0 Å². The fourth-order valence-corrected chi connectivity index (χ4v) is 3.83. The largest absolute Gasteiger partial charge is 0.506 e. The van der Waals surface area contributed by atoms with Gasteiger partial charge in [-0.2, -0.15) is 0 Å². The number of hydrogen-bond donors (Lipinski definition) is 2. The summed E-state index contributed by atoms with van der Waals surface area (Å²) in [7, 11) is 1.33. The number of phenols is 1. The third-order valence-corrected chi connectivity index (χ3v) is 5.63. The number of Topliss-reactive ketones (excluding diaryl/α,β-unsaturated/α-hetero) is 2. The number of allylic oxidation sites excluding steroid dienone is 2. The van der Waals surface area contributed by atoms with Gasteiger partial charge in [0.2, 0.25) is 5.78 Å². The molecule has 1 aromatic heterocycles. The van der Waals surface area contributed by atoms with Gasteiger partial charge in [0.25, 0.3) is 0 Å². The van der Waals surface area contributed by atoms with Crippen LogP contribution in [0.5, 0.6) is 5.75 Å². The van der Waals surface area contributed by atoms with E-state index in [-0.39, 0.29) is 22.9 Å². The highest BCUT2D eigenvalue weighted by Gasteiger charge is 2.47. The van der Waals surface area contributed by atoms with Gasteiger partial charge in [0.1, 0.15) is 17.3 Å². The molecule has 2 unspecified atom stereocenters. The number of ether oxygens (including phenoxy) is 1. The number of aromatic hydroxyl groups is 1. The first-order valence-corrected chi connectivity index (χ1v) is 9.99. The highest BCUT2D eigenvalue weighted by molar-refractivity contribution is 6.16. The number of benzene rings is 1. The molecule has 3 rings (SSSR count). The van der Waals surface area contributed by atoms with Crippen molar-refractivity contribution in [2.45, 2.75) is 46.1 Å². The Labute approximate surface area is 175 Å². The Hall–Kier alpha value is -2.99. The predicted octanol–water partition coefficient (Wildman–Crippen LogP) is 4.28. The number of aliphatic hydroxyl groups is 1. The Morgan fingerprint density at radius 2 is 2.03 bits per heavy atom. The van der Waals surface area contributed by atoms with Crippen LogP contribution in [0.25, 0.3) is 22.4 Å². The fourth-order valence-electron chi connectivity index (χ4n) is 3.83. The summed E-state index contributed by atoms with van der Waals surface area (Å²) in [4.78, 5) is 29.2. The van der Waals surface area contributed by atoms with E-state index in [1.165, 1.54) is 26.3 Å². The predicted molar refractivity (Wildman–Crippen MR) is 116 cm³/mol. The molecule has 30 heavy (non-hydrogen) atoms. The van der Waals surface area contributed by atoms with Gasteiger partial charge in [-0.15, -0.1) is 0 Å². The second kappa shape index (κ2) is 8.03. The number of carbonyl (C=O) groups is 2. The molecule has 0 spiro atoms. The van der Waals surface area contributed by atoms with E-state index in [2.05, 4.69) is 24.9 Å². The highest BCUT2D eigenvalue weighted by atomic mass is 16.5. The lowest BCUT2D eigenvalue weighted by Gasteiger charge is -2.32. The van der Waals surface area contributed by atoms with E-state index in [0.717, 1.165) is 17.7 Å². The topological polar surface area (TPSA) is 96.7 Å². The molecule has 2 N–H and O–H groups in total. The number of ketones is 2. The van der Waals surface area contributed by atoms with Crippen molar-refractivity contribution in [2.75, 3.05) is 7.11 Å². The van der Waals surface area contributed by atoms with E-state index in [1.54, 1.807) is 6.07 Å². The molecule has 0 bridgehead atoms. The van der Waals surface area contributed by atoms with Crippen molar-refractivity contribution in [3.8, 4) is 5.75 Å². The molecule has 1 heterocycles. The van der Waals surface area contributed by atoms with Crippen LogP contribution in [0.4, 0.5) is 0 Å². The summed E-state index contributed by atoms with van der Waals surface area (Å²) in [5.74, 6) is -0.987. The molecule has 0 fully saturated rings. The van der Waals surface area contributed by atoms with Gasteiger partial charge in [0.15, 0.2) is 5.60 Å². The van der Waals surface area contributed by atoms with E-state index in [1.807, 2.05) is 13.0 Å². The molecule has 0 saturated heterocycles. The van der Waals surface area contributed by atoms with Crippen molar-refractivity contribution >= 4 is 34.0 Å². The molecule has 158 valence electrons. The van der Waals surface area contributed by atoms with E-state index in [0.29, 0.717) is 22.3 Å². The third-order valence-electron chi connectivity index (χ3n) is 5.63. The molecular formula is C24H27NO5. The number of rotatable bonds is 6. The maximum absolute atomic E-state index is 13.1. The smallest absolute Gasteiger partial charge is 0.206 e. The van der Waals surface area contributed by atoms with Crippen LogP contribution in [-0.4, -0.2) is 39.5 Å². The molecule has 0 radical (unpaired) electrons. The zero-order valence-corrected chi connectivity index (χ0v) is 17.9. The van der Waals surface area contributed by atoms with Crippen molar-refractivity contribution in [1.29, 1.82) is 0 Å². The molecule has 0 aliphatic heterocycles. The van der Waals surface area contributed by atoms with E-state index < -0.39 is 17.8 Å². The first-order valence-electron chi connectivity index (χ1n) is 9.99. The van der Waals surface area contributed by atoms with Crippen LogP contribution in [0, 0.1) is 5.92 Å². The number of carbonyl (C=O) groups excluding carboxylic acids is 2. The van der Waals surface area contributed by atoms with Crippen LogP contribution in [0.3, 0.4) is 0 Å². The van der Waals surface area contributed by atoms with Crippen LogP contribution in [-0.2, 0) is 9.53 Å². The highest BCUT2D eigenvalue weighted by Crippen LogP contribution is 2.42. The molecular weight excluding hydrogens is 382 g/mol. The van der Waals surface area contributed by atoms with Crippen molar-refractivity contribution in [3.63, 3.8) is 0 Å². The van der Waals surface area contributed by atoms with Gasteiger partial charge in [0.05, 0.1) is 18.4 Å². The van der Waals surface area contributed by atoms with E-state index >= 15 is 0 Å². The summed E-state index contributed by atoms with van der Waals surface area (Å²) < 4.78 is 5.24. The lowest BCUT2D eigenvalue weighted by molar-refractivity contribution is -0.120. The zero-order valence-electron chi connectivity index (χ0n) is 17.9. The molecule has 1 aliphatic rings. The van der Waals surface area contributed by atoms with Gasteiger partial charge in [-0.25, -0.2) is 0 Å². The molecule has 0 amide bonds. The molecule has 1 aliphatic carbocycles. The Balaban J connectivity index is 2.20. The van der Waals surface area contributed by atoms with E-state index in [9.17, 15) is 19.8 Å². The minimum absolute atomic E-state index is 0.0175. The second-order valence-corrected chi connectivity index (χ2v) is 8.00. The monoisotopic (exact) mass is 409 g/mol. The number of hydrogen-bond acceptors (Lipinski definition) is 6. The number of aromatic nitrogens is 1. The zero-order chi connectivity index (χ0) is 22.2. The van der Waals surface area contributed by atoms with Gasteiger partial charge < -0.3 is 14.9 Å². The van der Waals surface area contributed by atoms with Crippen molar-refractivity contribution in [3.05, 3.63) is 47.0 Å². The third kappa shape index (κ3) is 3.63. The van der Waals surface area contributed by atoms with Gasteiger partial charge in [-0.3, -0.25) is 14.6 Å². The van der Waals surface area contributed by atoms with Crippen molar-refractivity contribution < 1.29 is 24.5 Å². The first-order chi connectivity index (χ1) is 14.1. The summed E-state index contributed by atoms with van der Waals surface area (Å²) in [5.41, 5.74) is 0.0721. The maximum Gasteiger partial charge on any atom is 0.206 e. The average Bonchev–Trinajstić information content (AvgIpc) is 2.69. The number of nitrogens with zero attached hydrogens (tertiary/aromatic N) is 1. The Morgan fingerprint density at radius 1 is 1.33 bits per heavy atom. The number of phenolic OH excluding ortho intramolecular Hbond substituents is 1. The standard InChI is InChI=1S/C24H27NO5/c1-6-13(2)7-14(3)19-9-16-8-17-10-20(30-5)24(29,11-15(4)26)23(28)21(17)22(27)18(16)12-25-19/h7-10,12-13,27,29H,6,11H2,1-5H3. The maximum atomic E-state index is 13.1. The van der Waals surface area contributed by atoms with Crippen molar-refractivity contribution in [1.82, 2.24) is 4.98 Å². The molecule has 0 saturated carbocycles. The minimum Gasteiger partial charge on any atom is -0.506 e. The molecule has 2 aromatic rings. The van der Waals surface area contributed by atoms with Crippen LogP contribution >= 0.6 is 0 Å². The number of fused-ring (bicyclic) bond motifs is 2.